The van der Waals surface area contributed by atoms with E-state index in [1.165, 1.54) is 0 Å². The molecule has 0 spiro atoms. The van der Waals surface area contributed by atoms with Crippen LogP contribution in [0.3, 0.4) is 0 Å². The normalized spacial score (nSPS) is 41.7. The number of hydrogen-bond donors (Lipinski definition) is 0. The van der Waals surface area contributed by atoms with E-state index in [-0.39, 0.29) is 6.10 Å². The maximum Gasteiger partial charge on any atom is 0.0831 e. The zero-order valence-electron chi connectivity index (χ0n) is 6.96. The van der Waals surface area contributed by atoms with E-state index in [4.69, 9.17) is 9.47 Å². The number of rotatable bonds is 1. The Balaban J connectivity index is 2.36. The second kappa shape index (κ2) is 3.35. The van der Waals surface area contributed by atoms with Crippen LogP contribution in [-0.2, 0) is 9.47 Å². The molecule has 1 aliphatic heterocycles. The topological polar surface area (TPSA) is 18.5 Å². The molecular weight excluding hydrogens is 128 g/mol. The molecule has 0 aromatic heterocycles. The van der Waals surface area contributed by atoms with Crippen LogP contribution in [0.1, 0.15) is 26.7 Å². The maximum absolute atomic E-state index is 5.56. The third kappa shape index (κ3) is 1.70. The molecule has 60 valence electrons. The van der Waals surface area contributed by atoms with Crippen LogP contribution < -0.4 is 0 Å². The number of ether oxygens (including phenoxy) is 2. The van der Waals surface area contributed by atoms with Gasteiger partial charge in [-0.25, -0.2) is 0 Å². The molecule has 0 radical (unpaired) electrons. The van der Waals surface area contributed by atoms with Crippen LogP contribution in [0.15, 0.2) is 0 Å². The Morgan fingerprint density at radius 1 is 1.30 bits per heavy atom. The SMILES string of the molecule is CO[C@H]1CC[C@H](C)O[C@@H]1C. The predicted octanol–water partition coefficient (Wildman–Crippen LogP) is 1.59. The molecule has 0 aliphatic carbocycles. The van der Waals surface area contributed by atoms with Crippen molar-refractivity contribution in [1.29, 1.82) is 0 Å². The van der Waals surface area contributed by atoms with Crippen molar-refractivity contribution in [2.45, 2.75) is 45.0 Å². The van der Waals surface area contributed by atoms with Crippen LogP contribution in [0, 0.1) is 0 Å². The average Bonchev–Trinajstić information content (AvgIpc) is 1.88. The molecule has 1 aliphatic rings. The van der Waals surface area contributed by atoms with Crippen LogP contribution in [0.25, 0.3) is 0 Å². The molecule has 0 saturated carbocycles. The summed E-state index contributed by atoms with van der Waals surface area (Å²) >= 11 is 0. The molecule has 1 fully saturated rings. The van der Waals surface area contributed by atoms with E-state index >= 15 is 0 Å². The lowest BCUT2D eigenvalue weighted by Gasteiger charge is -2.31. The molecule has 10 heavy (non-hydrogen) atoms. The Morgan fingerprint density at radius 2 is 2.00 bits per heavy atom. The second-order valence-corrected chi connectivity index (χ2v) is 3.00. The van der Waals surface area contributed by atoms with Crippen molar-refractivity contribution < 1.29 is 9.47 Å². The molecule has 2 heteroatoms. The first-order valence-electron chi connectivity index (χ1n) is 3.92. The predicted molar refractivity (Wildman–Crippen MR) is 40.0 cm³/mol. The zero-order valence-corrected chi connectivity index (χ0v) is 6.96. The molecule has 1 heterocycles. The molecule has 0 N–H and O–H groups in total. The van der Waals surface area contributed by atoms with Crippen molar-refractivity contribution in [3.05, 3.63) is 0 Å². The van der Waals surface area contributed by atoms with Crippen molar-refractivity contribution in [3.63, 3.8) is 0 Å². The van der Waals surface area contributed by atoms with Crippen LogP contribution in [0.4, 0.5) is 0 Å². The first kappa shape index (κ1) is 8.02. The van der Waals surface area contributed by atoms with Gasteiger partial charge < -0.3 is 9.47 Å². The lowest BCUT2D eigenvalue weighted by molar-refractivity contribution is -0.114. The third-order valence-corrected chi connectivity index (χ3v) is 2.13. The van der Waals surface area contributed by atoms with Gasteiger partial charge in [-0.3, -0.25) is 0 Å². The van der Waals surface area contributed by atoms with Crippen LogP contribution in [0.5, 0.6) is 0 Å². The van der Waals surface area contributed by atoms with Crippen molar-refractivity contribution in [2.24, 2.45) is 0 Å². The molecule has 0 unspecified atom stereocenters. The fourth-order valence-corrected chi connectivity index (χ4v) is 1.47. The summed E-state index contributed by atoms with van der Waals surface area (Å²) in [5.74, 6) is 0. The minimum Gasteiger partial charge on any atom is -0.379 e. The van der Waals surface area contributed by atoms with E-state index in [9.17, 15) is 0 Å². The average molecular weight is 144 g/mol. The molecule has 3 atom stereocenters. The lowest BCUT2D eigenvalue weighted by Crippen LogP contribution is -2.36. The van der Waals surface area contributed by atoms with E-state index < -0.39 is 0 Å². The summed E-state index contributed by atoms with van der Waals surface area (Å²) in [5.41, 5.74) is 0. The minimum atomic E-state index is 0.272. The Morgan fingerprint density at radius 3 is 2.50 bits per heavy atom. The molecule has 2 nitrogen and oxygen atoms in total. The first-order chi connectivity index (χ1) is 4.74. The Kier molecular flexibility index (Phi) is 2.69. The van der Waals surface area contributed by atoms with Gasteiger partial charge in [-0.1, -0.05) is 0 Å². The summed E-state index contributed by atoms with van der Waals surface area (Å²) in [6.07, 6.45) is 3.27. The highest BCUT2D eigenvalue weighted by Gasteiger charge is 2.25. The van der Waals surface area contributed by atoms with E-state index in [0.29, 0.717) is 12.2 Å². The molecule has 0 aromatic rings. The Hall–Kier alpha value is -0.0800. The van der Waals surface area contributed by atoms with Gasteiger partial charge in [-0.05, 0) is 26.7 Å². The van der Waals surface area contributed by atoms with E-state index in [0.717, 1.165) is 12.8 Å². The van der Waals surface area contributed by atoms with E-state index in [1.807, 2.05) is 0 Å². The molecule has 1 saturated heterocycles. The summed E-state index contributed by atoms with van der Waals surface area (Å²) in [5, 5.41) is 0. The summed E-state index contributed by atoms with van der Waals surface area (Å²) in [7, 11) is 1.75. The van der Waals surface area contributed by atoms with Crippen molar-refractivity contribution in [2.75, 3.05) is 7.11 Å². The van der Waals surface area contributed by atoms with Crippen LogP contribution in [0.2, 0.25) is 0 Å². The van der Waals surface area contributed by atoms with Gasteiger partial charge in [0.2, 0.25) is 0 Å². The fourth-order valence-electron chi connectivity index (χ4n) is 1.47. The molecule has 0 bridgehead atoms. The summed E-state index contributed by atoms with van der Waals surface area (Å²) < 4.78 is 10.8. The van der Waals surface area contributed by atoms with E-state index in [1.54, 1.807) is 7.11 Å². The summed E-state index contributed by atoms with van der Waals surface area (Å²) in [6, 6.07) is 0. The van der Waals surface area contributed by atoms with Gasteiger partial charge in [0.1, 0.15) is 0 Å². The quantitative estimate of drug-likeness (QED) is 0.556. The van der Waals surface area contributed by atoms with Crippen LogP contribution >= 0.6 is 0 Å². The zero-order chi connectivity index (χ0) is 7.56. The smallest absolute Gasteiger partial charge is 0.0831 e. The van der Waals surface area contributed by atoms with Gasteiger partial charge in [0.15, 0.2) is 0 Å². The first-order valence-corrected chi connectivity index (χ1v) is 3.92. The summed E-state index contributed by atoms with van der Waals surface area (Å²) in [4.78, 5) is 0. The summed E-state index contributed by atoms with van der Waals surface area (Å²) in [6.45, 7) is 4.19. The highest BCUT2D eigenvalue weighted by Crippen LogP contribution is 2.20. The van der Waals surface area contributed by atoms with Crippen LogP contribution in [-0.4, -0.2) is 25.4 Å². The van der Waals surface area contributed by atoms with E-state index in [2.05, 4.69) is 13.8 Å². The monoisotopic (exact) mass is 144 g/mol. The van der Waals surface area contributed by atoms with Gasteiger partial charge in [0, 0.05) is 7.11 Å². The maximum atomic E-state index is 5.56. The lowest BCUT2D eigenvalue weighted by atomic mass is 10.0. The van der Waals surface area contributed by atoms with Gasteiger partial charge in [0.05, 0.1) is 18.3 Å². The van der Waals surface area contributed by atoms with Gasteiger partial charge in [-0.2, -0.15) is 0 Å². The minimum absolute atomic E-state index is 0.272. The Bertz CT molecular complexity index is 103. The molecule has 1 rings (SSSR count). The van der Waals surface area contributed by atoms with Crippen molar-refractivity contribution >= 4 is 0 Å². The molecule has 0 amide bonds. The molecular formula is C8H16O2. The van der Waals surface area contributed by atoms with Crippen molar-refractivity contribution in [3.8, 4) is 0 Å². The van der Waals surface area contributed by atoms with Gasteiger partial charge in [-0.15, -0.1) is 0 Å². The van der Waals surface area contributed by atoms with Crippen molar-refractivity contribution in [1.82, 2.24) is 0 Å². The molecule has 0 aromatic carbocycles. The largest absolute Gasteiger partial charge is 0.379 e. The van der Waals surface area contributed by atoms with Gasteiger partial charge in [0.25, 0.3) is 0 Å². The standard InChI is InChI=1S/C8H16O2/c1-6-4-5-8(9-3)7(2)10-6/h6-8H,4-5H2,1-3H3/t6-,7+,8-/m0/s1. The highest BCUT2D eigenvalue weighted by molar-refractivity contribution is 4.74. The third-order valence-electron chi connectivity index (χ3n) is 2.13. The number of hydrogen-bond acceptors (Lipinski definition) is 2. The highest BCUT2D eigenvalue weighted by atomic mass is 16.5. The number of methoxy groups -OCH3 is 1. The second-order valence-electron chi connectivity index (χ2n) is 3.00. The van der Waals surface area contributed by atoms with Gasteiger partial charge >= 0.3 is 0 Å². The fraction of sp³-hybridized carbons (Fsp3) is 1.00. The Labute approximate surface area is 62.5 Å².